The highest BCUT2D eigenvalue weighted by Gasteiger charge is 2.29. The Balaban J connectivity index is 1.60. The summed E-state index contributed by atoms with van der Waals surface area (Å²) in [6.45, 7) is 0. The van der Waals surface area contributed by atoms with Gasteiger partial charge >= 0.3 is 5.97 Å². The number of nitrogens with zero attached hydrogens (tertiary/aromatic N) is 2. The van der Waals surface area contributed by atoms with E-state index in [1.807, 2.05) is 0 Å². The summed E-state index contributed by atoms with van der Waals surface area (Å²) in [5, 5.41) is 51.6. The first kappa shape index (κ1) is 35.5. The van der Waals surface area contributed by atoms with E-state index in [2.05, 4.69) is 36.8 Å². The summed E-state index contributed by atoms with van der Waals surface area (Å²) in [5.41, 5.74) is -1.63. The molecule has 4 aromatic carbocycles. The van der Waals surface area contributed by atoms with Gasteiger partial charge in [-0.15, -0.1) is 10.2 Å². The quantitative estimate of drug-likeness (QED) is 0.0811. The number of phenolic OH excluding ortho intramolecular Hbond substituents is 1. The number of azo groups is 1. The third-order valence-electron chi connectivity index (χ3n) is 6.82. The molecule has 0 radical (unpaired) electrons. The molecule has 3 atom stereocenters. The molecule has 0 spiro atoms. The van der Waals surface area contributed by atoms with Gasteiger partial charge in [-0.2, -0.15) is 25.3 Å². The number of hydrogen-bond acceptors (Lipinski definition) is 16. The number of rotatable bonds is 10. The van der Waals surface area contributed by atoms with Gasteiger partial charge in [0.05, 0.1) is 15.4 Å². The molecule has 5 rings (SSSR count). The molecular weight excluding hydrogens is 715 g/mol. The first-order chi connectivity index (χ1) is 22.8. The number of phenols is 1. The van der Waals surface area contributed by atoms with Crippen LogP contribution in [0.1, 0.15) is 10.4 Å². The number of benzene rings is 4. The molecule has 0 amide bonds. The van der Waals surface area contributed by atoms with Gasteiger partial charge in [0.1, 0.15) is 28.8 Å². The number of aromatic hydroxyl groups is 1. The van der Waals surface area contributed by atoms with Gasteiger partial charge in [-0.25, -0.2) is 15.4 Å². The fourth-order valence-corrected chi connectivity index (χ4v) is 6.45. The van der Waals surface area contributed by atoms with Crippen molar-refractivity contribution in [1.29, 1.82) is 0 Å². The van der Waals surface area contributed by atoms with Crippen molar-refractivity contribution < 1.29 is 59.0 Å². The average Bonchev–Trinajstić information content (AvgIpc) is 2.99. The van der Waals surface area contributed by atoms with Gasteiger partial charge in [0.2, 0.25) is 0 Å². The number of hydrogen-bond donors (Lipinski definition) is 11. The van der Waals surface area contributed by atoms with Crippen LogP contribution in [0, 0.1) is 0 Å². The normalized spacial score (nSPS) is 18.8. The van der Waals surface area contributed by atoms with Crippen LogP contribution >= 0.6 is 0 Å². The van der Waals surface area contributed by atoms with Gasteiger partial charge in [-0.05, 0) is 53.9 Å². The second-order valence-electron chi connectivity index (χ2n) is 10.2. The number of aliphatic hydroxyl groups is 1. The van der Waals surface area contributed by atoms with E-state index in [4.69, 9.17) is 0 Å². The van der Waals surface area contributed by atoms with Crippen molar-refractivity contribution in [2.45, 2.75) is 33.6 Å². The van der Waals surface area contributed by atoms with Crippen LogP contribution in [-0.4, -0.2) is 79.1 Å². The molecule has 23 heteroatoms. The lowest BCUT2D eigenvalue weighted by Crippen LogP contribution is -2.71. The van der Waals surface area contributed by atoms with E-state index in [9.17, 15) is 59.0 Å². The Morgan fingerprint density at radius 1 is 0.735 bits per heavy atom. The number of aliphatic hydroxyl groups excluding tert-OH is 1. The van der Waals surface area contributed by atoms with E-state index in [0.717, 1.165) is 30.3 Å². The molecule has 3 unspecified atom stereocenters. The molecule has 20 nitrogen and oxygen atoms in total. The third kappa shape index (κ3) is 8.08. The second kappa shape index (κ2) is 13.2. The van der Waals surface area contributed by atoms with E-state index >= 15 is 0 Å². The van der Waals surface area contributed by atoms with Crippen molar-refractivity contribution in [2.75, 3.05) is 10.6 Å². The van der Waals surface area contributed by atoms with E-state index in [1.54, 1.807) is 0 Å². The van der Waals surface area contributed by atoms with Gasteiger partial charge in [0.25, 0.3) is 30.4 Å². The monoisotopic (exact) mass is 739 g/mol. The molecule has 0 bridgehead atoms. The summed E-state index contributed by atoms with van der Waals surface area (Å²) in [4.78, 5) is 9.33. The predicted molar refractivity (Wildman–Crippen MR) is 169 cm³/mol. The van der Waals surface area contributed by atoms with E-state index in [1.165, 1.54) is 36.4 Å². The average molecular weight is 740 g/mol. The van der Waals surface area contributed by atoms with Crippen molar-refractivity contribution in [3.8, 4) is 5.75 Å². The van der Waals surface area contributed by atoms with Crippen LogP contribution in [0.15, 0.2) is 91.6 Å². The molecule has 1 heterocycles. The summed E-state index contributed by atoms with van der Waals surface area (Å²) >= 11 is 0. The van der Waals surface area contributed by atoms with Crippen LogP contribution in [0.4, 0.5) is 22.7 Å². The molecule has 1 saturated heterocycles. The molecule has 1 fully saturated rings. The maximum atomic E-state index is 12.4. The lowest BCUT2D eigenvalue weighted by atomic mass is 10.1. The van der Waals surface area contributed by atoms with Crippen molar-refractivity contribution in [1.82, 2.24) is 16.0 Å². The van der Waals surface area contributed by atoms with Crippen molar-refractivity contribution >= 4 is 69.8 Å². The number of anilines is 2. The molecule has 0 saturated carbocycles. The lowest BCUT2D eigenvalue weighted by molar-refractivity contribution is 0.0403. The molecule has 0 aromatic heterocycles. The van der Waals surface area contributed by atoms with E-state index in [0.29, 0.717) is 0 Å². The fourth-order valence-electron chi connectivity index (χ4n) is 4.72. The summed E-state index contributed by atoms with van der Waals surface area (Å²) in [6.07, 6.45) is -3.82. The van der Waals surface area contributed by atoms with Crippen LogP contribution in [0.25, 0.3) is 10.8 Å². The Morgan fingerprint density at radius 2 is 1.39 bits per heavy atom. The molecule has 49 heavy (non-hydrogen) atoms. The van der Waals surface area contributed by atoms with Crippen LogP contribution in [0.2, 0.25) is 0 Å². The summed E-state index contributed by atoms with van der Waals surface area (Å²) in [7, 11) is -14.7. The number of fused-ring (bicyclic) bond motifs is 1. The molecule has 4 aromatic rings. The Hall–Kier alpha value is -4.82. The number of aromatic carboxylic acids is 1. The van der Waals surface area contributed by atoms with Gasteiger partial charge in [0.15, 0.2) is 12.1 Å². The fraction of sp³-hybridized carbons (Fsp3) is 0.115. The molecule has 11 N–H and O–H groups in total. The highest BCUT2D eigenvalue weighted by molar-refractivity contribution is 7.86. The van der Waals surface area contributed by atoms with Crippen molar-refractivity contribution in [2.24, 2.45) is 10.2 Å². The van der Waals surface area contributed by atoms with Crippen LogP contribution in [0.5, 0.6) is 5.75 Å². The second-order valence-corrected chi connectivity index (χ2v) is 14.4. The first-order valence-electron chi connectivity index (χ1n) is 13.4. The lowest BCUT2D eigenvalue weighted by Gasteiger charge is -2.37. The van der Waals surface area contributed by atoms with E-state index < -0.39 is 81.4 Å². The Bertz CT molecular complexity index is 2340. The van der Waals surface area contributed by atoms with Crippen molar-refractivity contribution in [3.63, 3.8) is 0 Å². The van der Waals surface area contributed by atoms with Crippen LogP contribution < -0.4 is 26.6 Å². The van der Waals surface area contributed by atoms with Crippen LogP contribution in [-0.2, 0) is 30.4 Å². The number of carboxylic acid groups (broad SMARTS) is 1. The SMILES string of the molecule is O=C(O)c1ccccc1N=Nc1c(S(=O)(=O)O)cc2cc(S(=O)(=O)O)cc(NC3NC(O)NC(Nc4cccc(S(=O)(=O)O)c4)N3)c2c1O. The van der Waals surface area contributed by atoms with Gasteiger partial charge < -0.3 is 26.0 Å². The molecule has 260 valence electrons. The van der Waals surface area contributed by atoms with E-state index in [-0.39, 0.29) is 33.4 Å². The molecule has 1 aliphatic rings. The van der Waals surface area contributed by atoms with Crippen LogP contribution in [0.3, 0.4) is 0 Å². The third-order valence-corrected chi connectivity index (χ3v) is 9.36. The Labute approximate surface area is 276 Å². The van der Waals surface area contributed by atoms with Gasteiger partial charge in [-0.1, -0.05) is 18.2 Å². The zero-order valence-corrected chi connectivity index (χ0v) is 26.7. The van der Waals surface area contributed by atoms with Gasteiger partial charge in [0, 0.05) is 16.8 Å². The number of nitrogens with one attached hydrogen (secondary N) is 5. The maximum absolute atomic E-state index is 12.4. The first-order valence-corrected chi connectivity index (χ1v) is 17.7. The number of carbonyl (C=O) groups is 1. The zero-order valence-electron chi connectivity index (χ0n) is 24.2. The minimum absolute atomic E-state index is 0.154. The minimum Gasteiger partial charge on any atom is -0.505 e. The minimum atomic E-state index is -5.21. The highest BCUT2D eigenvalue weighted by atomic mass is 32.2. The van der Waals surface area contributed by atoms with Crippen molar-refractivity contribution in [3.05, 3.63) is 72.3 Å². The largest absolute Gasteiger partial charge is 0.505 e. The molecule has 1 aliphatic heterocycles. The predicted octanol–water partition coefficient (Wildman–Crippen LogP) is 1.55. The Kier molecular flexibility index (Phi) is 9.59. The molecule has 0 aliphatic carbocycles. The smallest absolute Gasteiger partial charge is 0.337 e. The summed E-state index contributed by atoms with van der Waals surface area (Å²) in [5.74, 6) is -2.39. The molecular formula is C26H25N7O13S3. The standard InChI is InChI=1S/C26H25N7O13S3/c34-22-20-12(9-19(49(44,45)46)21(22)33-32-17-7-2-1-6-16(17)23(35)36)8-15(48(41,42)43)11-18(20)28-25-29-24(30-26(37)31-25)27-13-4-3-5-14(10-13)47(38,39)40/h1-11,24-31,34,37H,(H,35,36)(H,38,39,40)(H,41,42,43)(H,44,45,46). The zero-order chi connectivity index (χ0) is 35.9. The Morgan fingerprint density at radius 3 is 2.02 bits per heavy atom. The highest BCUT2D eigenvalue weighted by Crippen LogP contribution is 2.45. The topological polar surface area (TPSA) is 326 Å². The van der Waals surface area contributed by atoms with Gasteiger partial charge in [-0.3, -0.25) is 19.0 Å². The summed E-state index contributed by atoms with van der Waals surface area (Å²) in [6, 6.07) is 12.6. The maximum Gasteiger partial charge on any atom is 0.337 e. The number of carboxylic acids is 1. The summed E-state index contributed by atoms with van der Waals surface area (Å²) < 4.78 is 101.